The lowest BCUT2D eigenvalue weighted by Gasteiger charge is -2.44. The van der Waals surface area contributed by atoms with E-state index >= 15 is 0 Å². The van der Waals surface area contributed by atoms with Crippen molar-refractivity contribution in [2.24, 2.45) is 11.7 Å². The van der Waals surface area contributed by atoms with Gasteiger partial charge >= 0.3 is 0 Å². The summed E-state index contributed by atoms with van der Waals surface area (Å²) in [5.41, 5.74) is 12.5. The molecule has 5 nitrogen and oxygen atoms in total. The number of hydrogen-bond acceptors (Lipinski definition) is 4. The molecule has 5 rings (SSSR count). The molecule has 2 aliphatic rings. The first-order chi connectivity index (χ1) is 14.8. The molecule has 3 aromatic rings. The summed E-state index contributed by atoms with van der Waals surface area (Å²) in [4.78, 5) is 0.337. The van der Waals surface area contributed by atoms with Crippen molar-refractivity contribution in [3.8, 4) is 0 Å². The van der Waals surface area contributed by atoms with Crippen LogP contribution in [0.5, 0.6) is 0 Å². The number of amidine groups is 1. The van der Waals surface area contributed by atoms with Crippen LogP contribution in [0.2, 0.25) is 0 Å². The Bertz CT molecular complexity index is 1280. The van der Waals surface area contributed by atoms with E-state index in [2.05, 4.69) is 29.6 Å². The van der Waals surface area contributed by atoms with Crippen LogP contribution in [0.15, 0.2) is 71.6 Å². The van der Waals surface area contributed by atoms with Crippen molar-refractivity contribution in [1.29, 1.82) is 5.41 Å². The molecular weight excluding hydrogens is 406 g/mol. The fourth-order valence-corrected chi connectivity index (χ4v) is 5.82. The third-order valence-electron chi connectivity index (χ3n) is 6.67. The summed E-state index contributed by atoms with van der Waals surface area (Å²) in [6.45, 7) is 0. The number of benzene rings is 3. The van der Waals surface area contributed by atoms with Gasteiger partial charge < -0.3 is 11.1 Å². The van der Waals surface area contributed by atoms with Crippen molar-refractivity contribution in [3.63, 3.8) is 0 Å². The lowest BCUT2D eigenvalue weighted by Crippen LogP contribution is -2.35. The first kappa shape index (κ1) is 19.8. The predicted molar refractivity (Wildman–Crippen MR) is 123 cm³/mol. The number of anilines is 1. The summed E-state index contributed by atoms with van der Waals surface area (Å²) >= 11 is 0. The summed E-state index contributed by atoms with van der Waals surface area (Å²) < 4.78 is 23.8. The minimum absolute atomic E-state index is 0.0712. The van der Waals surface area contributed by atoms with Gasteiger partial charge in [-0.1, -0.05) is 36.4 Å². The second-order valence-corrected chi connectivity index (χ2v) is 10.6. The lowest BCUT2D eigenvalue weighted by molar-refractivity contribution is 0.348. The minimum Gasteiger partial charge on any atom is -0.384 e. The van der Waals surface area contributed by atoms with Crippen LogP contribution in [0.3, 0.4) is 0 Å². The zero-order chi connectivity index (χ0) is 21.8. The Morgan fingerprint density at radius 3 is 2.48 bits per heavy atom. The first-order valence-corrected chi connectivity index (χ1v) is 12.3. The van der Waals surface area contributed by atoms with Crippen molar-refractivity contribution in [2.45, 2.75) is 29.7 Å². The van der Waals surface area contributed by atoms with Crippen LogP contribution in [0, 0.1) is 11.3 Å². The quantitative estimate of drug-likeness (QED) is 0.427. The highest BCUT2D eigenvalue weighted by molar-refractivity contribution is 7.90. The van der Waals surface area contributed by atoms with Gasteiger partial charge in [-0.3, -0.25) is 5.41 Å². The van der Waals surface area contributed by atoms with Crippen LogP contribution in [-0.4, -0.2) is 20.5 Å². The molecule has 1 aliphatic heterocycles. The van der Waals surface area contributed by atoms with Crippen molar-refractivity contribution in [3.05, 3.63) is 94.5 Å². The molecule has 0 radical (unpaired) electrons. The van der Waals surface area contributed by atoms with E-state index in [1.807, 2.05) is 30.3 Å². The third kappa shape index (κ3) is 3.41. The zero-order valence-electron chi connectivity index (χ0n) is 17.3. The minimum atomic E-state index is -3.23. The van der Waals surface area contributed by atoms with Crippen LogP contribution in [-0.2, 0) is 16.3 Å². The summed E-state index contributed by atoms with van der Waals surface area (Å²) in [6.07, 6.45) is 3.27. The topological polar surface area (TPSA) is 96.0 Å². The van der Waals surface area contributed by atoms with Crippen LogP contribution in [0.25, 0.3) is 0 Å². The largest absolute Gasteiger partial charge is 0.384 e. The highest BCUT2D eigenvalue weighted by atomic mass is 32.2. The summed E-state index contributed by atoms with van der Waals surface area (Å²) in [6, 6.07) is 21.9. The van der Waals surface area contributed by atoms with E-state index < -0.39 is 9.84 Å². The molecule has 0 amide bonds. The zero-order valence-corrected chi connectivity index (χ0v) is 18.1. The number of hydrogen-bond donors (Lipinski definition) is 3. The Morgan fingerprint density at radius 2 is 1.77 bits per heavy atom. The van der Waals surface area contributed by atoms with E-state index in [0.29, 0.717) is 10.8 Å². The Morgan fingerprint density at radius 1 is 1.03 bits per heavy atom. The molecule has 1 heterocycles. The van der Waals surface area contributed by atoms with E-state index in [0.717, 1.165) is 29.7 Å². The Labute approximate surface area is 182 Å². The number of nitrogen functional groups attached to an aromatic ring is 1. The highest BCUT2D eigenvalue weighted by Gasteiger charge is 2.41. The van der Waals surface area contributed by atoms with Crippen LogP contribution >= 0.6 is 0 Å². The smallest absolute Gasteiger partial charge is 0.175 e. The van der Waals surface area contributed by atoms with Crippen molar-refractivity contribution in [1.82, 2.24) is 0 Å². The van der Waals surface area contributed by atoms with Gasteiger partial charge in [0.05, 0.1) is 10.9 Å². The molecule has 0 saturated carbocycles. The van der Waals surface area contributed by atoms with Gasteiger partial charge in [0.25, 0.3) is 0 Å². The van der Waals surface area contributed by atoms with Gasteiger partial charge in [0.1, 0.15) is 5.84 Å². The second kappa shape index (κ2) is 7.24. The molecule has 0 spiro atoms. The number of aryl methyl sites for hydroxylation is 1. The SMILES string of the molecule is CS(=O)(=O)c1ccc(C2Nc3ccc(C(=N)N)cc3C3c4ccccc4CCC23)cc1. The molecule has 4 N–H and O–H groups in total. The van der Waals surface area contributed by atoms with E-state index in [1.54, 1.807) is 12.1 Å². The van der Waals surface area contributed by atoms with E-state index in [-0.39, 0.29) is 17.8 Å². The number of nitrogens with two attached hydrogens (primary N) is 1. The van der Waals surface area contributed by atoms with E-state index in [4.69, 9.17) is 11.1 Å². The predicted octanol–water partition coefficient (Wildman–Crippen LogP) is 4.24. The molecule has 0 bridgehead atoms. The molecule has 3 unspecified atom stereocenters. The summed E-state index contributed by atoms with van der Waals surface area (Å²) in [5.74, 6) is 0.579. The summed E-state index contributed by atoms with van der Waals surface area (Å²) in [7, 11) is -3.23. The van der Waals surface area contributed by atoms with E-state index in [1.165, 1.54) is 22.9 Å². The normalized spacial score (nSPS) is 21.9. The fourth-order valence-electron chi connectivity index (χ4n) is 5.19. The molecule has 0 fully saturated rings. The molecule has 0 aromatic heterocycles. The number of nitrogens with one attached hydrogen (secondary N) is 2. The maximum atomic E-state index is 11.9. The standard InChI is InChI=1S/C25H25N3O2S/c1-31(29,30)18-10-6-16(7-11-18)24-20-12-8-15-4-2-3-5-19(15)23(20)21-14-17(25(26)27)9-13-22(21)28-24/h2-7,9-11,13-14,20,23-24,28H,8,12H2,1H3,(H3,26,27). The molecule has 3 atom stereocenters. The lowest BCUT2D eigenvalue weighted by atomic mass is 9.65. The van der Waals surface area contributed by atoms with Gasteiger partial charge in [-0.2, -0.15) is 0 Å². The number of rotatable bonds is 3. The van der Waals surface area contributed by atoms with Crippen LogP contribution < -0.4 is 11.1 Å². The second-order valence-electron chi connectivity index (χ2n) is 8.56. The Balaban J connectivity index is 1.65. The van der Waals surface area contributed by atoms with Gasteiger partial charge in [0, 0.05) is 23.4 Å². The van der Waals surface area contributed by atoms with Crippen LogP contribution in [0.1, 0.15) is 46.2 Å². The highest BCUT2D eigenvalue weighted by Crippen LogP contribution is 2.52. The monoisotopic (exact) mass is 431 g/mol. The molecule has 3 aromatic carbocycles. The van der Waals surface area contributed by atoms with Crippen molar-refractivity contribution in [2.75, 3.05) is 11.6 Å². The van der Waals surface area contributed by atoms with Crippen molar-refractivity contribution < 1.29 is 8.42 Å². The average molecular weight is 432 g/mol. The maximum Gasteiger partial charge on any atom is 0.175 e. The summed E-state index contributed by atoms with van der Waals surface area (Å²) in [5, 5.41) is 11.6. The molecule has 0 saturated heterocycles. The van der Waals surface area contributed by atoms with Gasteiger partial charge in [-0.15, -0.1) is 0 Å². The number of sulfone groups is 1. The van der Waals surface area contributed by atoms with Gasteiger partial charge in [0.2, 0.25) is 0 Å². The van der Waals surface area contributed by atoms with Gasteiger partial charge in [-0.25, -0.2) is 8.42 Å². The molecule has 6 heteroatoms. The molecular formula is C25H25N3O2S. The molecule has 31 heavy (non-hydrogen) atoms. The molecule has 1 aliphatic carbocycles. The Hall–Kier alpha value is -3.12. The third-order valence-corrected chi connectivity index (χ3v) is 7.80. The molecule has 158 valence electrons. The van der Waals surface area contributed by atoms with Crippen molar-refractivity contribution >= 4 is 21.4 Å². The van der Waals surface area contributed by atoms with Gasteiger partial charge in [0.15, 0.2) is 9.84 Å². The Kier molecular flexibility index (Phi) is 4.63. The van der Waals surface area contributed by atoms with Crippen LogP contribution in [0.4, 0.5) is 5.69 Å². The number of fused-ring (bicyclic) bond motifs is 5. The maximum absolute atomic E-state index is 11.9. The van der Waals surface area contributed by atoms with Gasteiger partial charge in [-0.05, 0) is 71.3 Å². The van der Waals surface area contributed by atoms with E-state index in [9.17, 15) is 8.42 Å². The first-order valence-electron chi connectivity index (χ1n) is 10.5. The fraction of sp³-hybridized carbons (Fsp3) is 0.240. The average Bonchev–Trinajstić information content (AvgIpc) is 2.77.